The Hall–Kier alpha value is -2.73. The lowest BCUT2D eigenvalue weighted by Crippen LogP contribution is -2.35. The number of rotatable bonds is 7. The first-order chi connectivity index (χ1) is 13.1. The molecule has 1 saturated heterocycles. The summed E-state index contributed by atoms with van der Waals surface area (Å²) in [5.41, 5.74) is 8.64. The van der Waals surface area contributed by atoms with Crippen LogP contribution >= 0.6 is 0 Å². The normalized spacial score (nSPS) is 18.0. The lowest BCUT2D eigenvalue weighted by molar-refractivity contribution is -0.131. The topological polar surface area (TPSA) is 92.3 Å². The summed E-state index contributed by atoms with van der Waals surface area (Å²) in [5.74, 6) is -0.423. The molecule has 1 fully saturated rings. The Bertz CT molecular complexity index is 792. The maximum absolute atomic E-state index is 10.6. The van der Waals surface area contributed by atoms with Crippen LogP contribution in [0.25, 0.3) is 6.08 Å². The van der Waals surface area contributed by atoms with Gasteiger partial charge < -0.3 is 15.7 Å². The van der Waals surface area contributed by atoms with Crippen molar-refractivity contribution in [3.05, 3.63) is 59.6 Å². The van der Waals surface area contributed by atoms with Crippen molar-refractivity contribution in [1.29, 1.82) is 0 Å². The number of carbonyl (C=O) groups is 1. The van der Waals surface area contributed by atoms with Crippen molar-refractivity contribution in [3.63, 3.8) is 0 Å². The maximum Gasteiger partial charge on any atom is 0.328 e. The largest absolute Gasteiger partial charge is 0.478 e. The van der Waals surface area contributed by atoms with Gasteiger partial charge in [-0.05, 0) is 50.4 Å². The third-order valence-corrected chi connectivity index (χ3v) is 4.94. The second kappa shape index (κ2) is 9.28. The number of piperidine rings is 1. The average Bonchev–Trinajstić information content (AvgIpc) is 2.68. The Balaban J connectivity index is 1.55. The second-order valence-corrected chi connectivity index (χ2v) is 6.97. The first kappa shape index (κ1) is 19.0. The highest BCUT2D eigenvalue weighted by molar-refractivity contribution is 5.85. The van der Waals surface area contributed by atoms with Gasteiger partial charge in [0.05, 0.1) is 5.69 Å². The summed E-state index contributed by atoms with van der Waals surface area (Å²) in [5, 5.41) is 8.72. The highest BCUT2D eigenvalue weighted by Crippen LogP contribution is 2.26. The quantitative estimate of drug-likeness (QED) is 0.732. The van der Waals surface area contributed by atoms with Crippen LogP contribution in [0.5, 0.6) is 0 Å². The molecule has 142 valence electrons. The molecule has 6 heteroatoms. The standard InChI is InChI=1S/C21H26N4O2/c22-21-18(10-11-20(26)27)23-14-19(24-21)17-9-5-13-25(15-17)12-4-8-16-6-2-1-3-7-16/h1-3,6-7,10-11,14,17H,4-5,8-9,12-13,15H2,(H2,22,24)(H,26,27)/t17-/m1/s1. The zero-order chi connectivity index (χ0) is 19.1. The molecule has 3 N–H and O–H groups in total. The number of hydrogen-bond acceptors (Lipinski definition) is 5. The molecule has 2 heterocycles. The molecule has 1 atom stereocenters. The summed E-state index contributed by atoms with van der Waals surface area (Å²) in [4.78, 5) is 21.9. The van der Waals surface area contributed by atoms with Crippen LogP contribution in [0.1, 0.15) is 42.1 Å². The Kier molecular flexibility index (Phi) is 6.54. The molecule has 0 amide bonds. The van der Waals surface area contributed by atoms with Crippen LogP contribution in [-0.2, 0) is 11.2 Å². The molecular formula is C21H26N4O2. The number of carboxylic acids is 1. The fourth-order valence-corrected chi connectivity index (χ4v) is 3.55. The number of nitrogen functional groups attached to an aromatic ring is 1. The molecule has 0 unspecified atom stereocenters. The molecule has 1 aliphatic heterocycles. The van der Waals surface area contributed by atoms with Gasteiger partial charge in [-0.15, -0.1) is 0 Å². The number of aryl methyl sites for hydroxylation is 1. The third kappa shape index (κ3) is 5.62. The van der Waals surface area contributed by atoms with E-state index in [0.717, 1.165) is 57.1 Å². The van der Waals surface area contributed by atoms with Crippen molar-refractivity contribution >= 4 is 17.9 Å². The van der Waals surface area contributed by atoms with Gasteiger partial charge in [-0.1, -0.05) is 30.3 Å². The van der Waals surface area contributed by atoms with E-state index in [9.17, 15) is 4.79 Å². The molecule has 0 saturated carbocycles. The summed E-state index contributed by atoms with van der Waals surface area (Å²) in [6, 6.07) is 10.6. The highest BCUT2D eigenvalue weighted by Gasteiger charge is 2.23. The number of benzene rings is 1. The van der Waals surface area contributed by atoms with Crippen LogP contribution in [-0.4, -0.2) is 45.6 Å². The number of nitrogens with zero attached hydrogens (tertiary/aromatic N) is 3. The Morgan fingerprint density at radius 3 is 2.89 bits per heavy atom. The van der Waals surface area contributed by atoms with Crippen molar-refractivity contribution < 1.29 is 9.90 Å². The lowest BCUT2D eigenvalue weighted by Gasteiger charge is -2.32. The molecule has 6 nitrogen and oxygen atoms in total. The zero-order valence-corrected chi connectivity index (χ0v) is 15.4. The van der Waals surface area contributed by atoms with Gasteiger partial charge in [-0.2, -0.15) is 0 Å². The van der Waals surface area contributed by atoms with E-state index >= 15 is 0 Å². The van der Waals surface area contributed by atoms with Gasteiger partial charge in [0.25, 0.3) is 0 Å². The Morgan fingerprint density at radius 1 is 1.33 bits per heavy atom. The zero-order valence-electron chi connectivity index (χ0n) is 15.4. The Labute approximate surface area is 159 Å². The number of aliphatic carboxylic acids is 1. The van der Waals surface area contributed by atoms with Crippen molar-refractivity contribution in [2.75, 3.05) is 25.4 Å². The average molecular weight is 366 g/mol. The van der Waals surface area contributed by atoms with Gasteiger partial charge in [0.1, 0.15) is 11.5 Å². The van der Waals surface area contributed by atoms with E-state index in [2.05, 4.69) is 39.1 Å². The van der Waals surface area contributed by atoms with Gasteiger partial charge in [0.15, 0.2) is 0 Å². The number of hydrogen-bond donors (Lipinski definition) is 2. The van der Waals surface area contributed by atoms with E-state index in [0.29, 0.717) is 11.6 Å². The van der Waals surface area contributed by atoms with Gasteiger partial charge in [-0.3, -0.25) is 4.98 Å². The van der Waals surface area contributed by atoms with Crippen LogP contribution in [0.15, 0.2) is 42.6 Å². The third-order valence-electron chi connectivity index (χ3n) is 4.94. The molecule has 3 rings (SSSR count). The van der Waals surface area contributed by atoms with Crippen LogP contribution in [0.2, 0.25) is 0 Å². The predicted molar refractivity (Wildman–Crippen MR) is 106 cm³/mol. The SMILES string of the molecule is Nc1nc([C@@H]2CCCN(CCCc3ccccc3)C2)cnc1C=CC(=O)O. The first-order valence-corrected chi connectivity index (χ1v) is 9.41. The summed E-state index contributed by atoms with van der Waals surface area (Å²) in [6.45, 7) is 3.16. The minimum absolute atomic E-state index is 0.284. The van der Waals surface area contributed by atoms with Crippen molar-refractivity contribution in [2.45, 2.75) is 31.6 Å². The minimum Gasteiger partial charge on any atom is -0.478 e. The monoisotopic (exact) mass is 366 g/mol. The summed E-state index contributed by atoms with van der Waals surface area (Å²) in [7, 11) is 0. The van der Waals surface area contributed by atoms with E-state index in [4.69, 9.17) is 10.8 Å². The van der Waals surface area contributed by atoms with Gasteiger partial charge in [0, 0.05) is 24.7 Å². The predicted octanol–water partition coefficient (Wildman–Crippen LogP) is 2.97. The first-order valence-electron chi connectivity index (χ1n) is 9.41. The van der Waals surface area contributed by atoms with Gasteiger partial charge in [0.2, 0.25) is 0 Å². The minimum atomic E-state index is -1.03. The van der Waals surface area contributed by atoms with Crippen LogP contribution in [0, 0.1) is 0 Å². The fraction of sp³-hybridized carbons (Fsp3) is 0.381. The molecule has 1 aromatic heterocycles. The summed E-state index contributed by atoms with van der Waals surface area (Å²) >= 11 is 0. The van der Waals surface area contributed by atoms with Gasteiger partial charge in [-0.25, -0.2) is 9.78 Å². The number of aromatic nitrogens is 2. The smallest absolute Gasteiger partial charge is 0.328 e. The van der Waals surface area contributed by atoms with Crippen molar-refractivity contribution in [3.8, 4) is 0 Å². The van der Waals surface area contributed by atoms with Crippen LogP contribution < -0.4 is 5.73 Å². The second-order valence-electron chi connectivity index (χ2n) is 6.97. The summed E-state index contributed by atoms with van der Waals surface area (Å²) < 4.78 is 0. The molecule has 0 bridgehead atoms. The van der Waals surface area contributed by atoms with Crippen molar-refractivity contribution in [2.24, 2.45) is 0 Å². The van der Waals surface area contributed by atoms with E-state index in [1.807, 2.05) is 6.07 Å². The van der Waals surface area contributed by atoms with E-state index in [1.54, 1.807) is 6.20 Å². The van der Waals surface area contributed by atoms with Gasteiger partial charge >= 0.3 is 5.97 Å². The van der Waals surface area contributed by atoms with Crippen LogP contribution in [0.4, 0.5) is 5.82 Å². The molecule has 2 aromatic rings. The number of likely N-dealkylation sites (tertiary alicyclic amines) is 1. The number of carboxylic acid groups (broad SMARTS) is 1. The number of anilines is 1. The molecule has 0 radical (unpaired) electrons. The van der Waals surface area contributed by atoms with E-state index < -0.39 is 5.97 Å². The molecule has 1 aromatic carbocycles. The molecule has 1 aliphatic rings. The van der Waals surface area contributed by atoms with E-state index in [-0.39, 0.29) is 5.82 Å². The maximum atomic E-state index is 10.6. The molecule has 0 aliphatic carbocycles. The fourth-order valence-electron chi connectivity index (χ4n) is 3.55. The van der Waals surface area contributed by atoms with E-state index in [1.165, 1.54) is 11.6 Å². The highest BCUT2D eigenvalue weighted by atomic mass is 16.4. The van der Waals surface area contributed by atoms with Crippen molar-refractivity contribution in [1.82, 2.24) is 14.9 Å². The number of nitrogens with two attached hydrogens (primary N) is 1. The molecule has 27 heavy (non-hydrogen) atoms. The van der Waals surface area contributed by atoms with Crippen LogP contribution in [0.3, 0.4) is 0 Å². The summed E-state index contributed by atoms with van der Waals surface area (Å²) in [6.07, 6.45) is 8.59. The lowest BCUT2D eigenvalue weighted by atomic mass is 9.94. The molecular weight excluding hydrogens is 340 g/mol. The molecule has 0 spiro atoms. The Morgan fingerprint density at radius 2 is 2.15 bits per heavy atom.